The van der Waals surface area contributed by atoms with Gasteiger partial charge in [0.2, 0.25) is 5.91 Å². The summed E-state index contributed by atoms with van der Waals surface area (Å²) in [4.78, 5) is 40.5. The van der Waals surface area contributed by atoms with E-state index in [2.05, 4.69) is 36.2 Å². The Balaban J connectivity index is 1.62. The van der Waals surface area contributed by atoms with Gasteiger partial charge in [0.1, 0.15) is 6.29 Å². The number of aldehydes is 1. The van der Waals surface area contributed by atoms with Crippen LogP contribution >= 0.6 is 0 Å². The second-order valence-electron chi connectivity index (χ2n) is 10.1. The molecule has 1 aliphatic rings. The van der Waals surface area contributed by atoms with E-state index in [4.69, 9.17) is 0 Å². The quantitative estimate of drug-likeness (QED) is 0.372. The molecule has 0 saturated carbocycles. The minimum atomic E-state index is -0.200. The number of aryl methyl sites for hydroxylation is 1. The molecule has 1 N–H and O–H groups in total. The Labute approximate surface area is 219 Å². The molecule has 0 aromatic heterocycles. The van der Waals surface area contributed by atoms with Crippen molar-refractivity contribution in [1.82, 2.24) is 4.90 Å². The zero-order valence-corrected chi connectivity index (χ0v) is 21.9. The summed E-state index contributed by atoms with van der Waals surface area (Å²) in [5.74, 6) is 0.332. The highest BCUT2D eigenvalue weighted by atomic mass is 16.2. The number of anilines is 2. The molecular weight excluding hydrogens is 462 g/mol. The van der Waals surface area contributed by atoms with Crippen LogP contribution in [0.3, 0.4) is 0 Å². The molecule has 6 heteroatoms. The Bertz CT molecular complexity index is 1270. The maximum atomic E-state index is 13.3. The van der Waals surface area contributed by atoms with Crippen LogP contribution in [-0.4, -0.2) is 43.1 Å². The van der Waals surface area contributed by atoms with Gasteiger partial charge in [-0.1, -0.05) is 56.3 Å². The van der Waals surface area contributed by atoms with Crippen molar-refractivity contribution in [2.75, 3.05) is 30.4 Å². The highest BCUT2D eigenvalue weighted by Crippen LogP contribution is 2.30. The molecule has 0 bridgehead atoms. The fourth-order valence-electron chi connectivity index (χ4n) is 4.90. The summed E-state index contributed by atoms with van der Waals surface area (Å²) in [5, 5.41) is 3.01. The van der Waals surface area contributed by atoms with Gasteiger partial charge in [0, 0.05) is 56.5 Å². The first-order valence-corrected chi connectivity index (χ1v) is 12.9. The van der Waals surface area contributed by atoms with E-state index in [0.29, 0.717) is 49.5 Å². The topological polar surface area (TPSA) is 69.7 Å². The maximum absolute atomic E-state index is 13.3. The molecule has 0 atom stereocenters. The summed E-state index contributed by atoms with van der Waals surface area (Å²) in [6.45, 7) is 6.51. The second kappa shape index (κ2) is 12.0. The van der Waals surface area contributed by atoms with Crippen molar-refractivity contribution in [3.05, 3.63) is 83.4 Å². The maximum Gasteiger partial charge on any atom is 0.255 e. The highest BCUT2D eigenvalue weighted by molar-refractivity contribution is 6.05. The Hall–Kier alpha value is -3.77. The molecule has 1 aliphatic heterocycles. The van der Waals surface area contributed by atoms with Crippen molar-refractivity contribution in [3.63, 3.8) is 0 Å². The van der Waals surface area contributed by atoms with Gasteiger partial charge in [0.05, 0.1) is 0 Å². The number of benzene rings is 3. The molecule has 192 valence electrons. The Morgan fingerprint density at radius 2 is 1.84 bits per heavy atom. The number of hydrogen-bond acceptors (Lipinski definition) is 4. The predicted molar refractivity (Wildman–Crippen MR) is 149 cm³/mol. The first-order chi connectivity index (χ1) is 17.9. The summed E-state index contributed by atoms with van der Waals surface area (Å²) in [6, 6.07) is 21.7. The molecular formula is C31H35N3O3. The minimum Gasteiger partial charge on any atom is -0.322 e. The Kier molecular flexibility index (Phi) is 8.51. The minimum absolute atomic E-state index is 0.0812. The number of hydrogen-bond donors (Lipinski definition) is 1. The molecule has 3 aromatic rings. The van der Waals surface area contributed by atoms with Gasteiger partial charge in [-0.3, -0.25) is 14.5 Å². The van der Waals surface area contributed by atoms with Crippen molar-refractivity contribution in [2.45, 2.75) is 39.7 Å². The molecule has 6 nitrogen and oxygen atoms in total. The van der Waals surface area contributed by atoms with E-state index in [1.165, 1.54) is 0 Å². The van der Waals surface area contributed by atoms with Gasteiger partial charge >= 0.3 is 0 Å². The third-order valence-electron chi connectivity index (χ3n) is 6.72. The lowest BCUT2D eigenvalue weighted by Crippen LogP contribution is -2.31. The number of carbonyl (C=O) groups excluding carboxylic acids is 3. The fourth-order valence-corrected chi connectivity index (χ4v) is 4.90. The van der Waals surface area contributed by atoms with E-state index >= 15 is 0 Å². The predicted octanol–water partition coefficient (Wildman–Crippen LogP) is 5.56. The van der Waals surface area contributed by atoms with Crippen molar-refractivity contribution in [2.24, 2.45) is 5.92 Å². The molecule has 4 rings (SSSR count). The van der Waals surface area contributed by atoms with Gasteiger partial charge < -0.3 is 15.0 Å². The van der Waals surface area contributed by atoms with Gasteiger partial charge in [-0.05, 0) is 58.9 Å². The fraction of sp³-hybridized carbons (Fsp3) is 0.323. The monoisotopic (exact) mass is 497 g/mol. The summed E-state index contributed by atoms with van der Waals surface area (Å²) in [7, 11) is 1.77. The lowest BCUT2D eigenvalue weighted by Gasteiger charge is -2.26. The van der Waals surface area contributed by atoms with Crippen LogP contribution in [-0.2, 0) is 22.6 Å². The summed E-state index contributed by atoms with van der Waals surface area (Å²) >= 11 is 0. The van der Waals surface area contributed by atoms with Gasteiger partial charge in [-0.15, -0.1) is 0 Å². The van der Waals surface area contributed by atoms with Crippen molar-refractivity contribution in [1.29, 1.82) is 0 Å². The van der Waals surface area contributed by atoms with Gasteiger partial charge in [-0.2, -0.15) is 0 Å². The van der Waals surface area contributed by atoms with Crippen LogP contribution in [0.15, 0.2) is 66.7 Å². The zero-order chi connectivity index (χ0) is 26.4. The van der Waals surface area contributed by atoms with E-state index in [-0.39, 0.29) is 11.8 Å². The summed E-state index contributed by atoms with van der Waals surface area (Å²) < 4.78 is 0. The standard InChI is InChI=1S/C31H35N3O3/c1-22(2)20-34(16-7-17-35)21-26-18-25(11-14-28(26)23-8-5-4-6-9-23)31(37)32-27-13-10-24-12-15-30(36)33(3)29(24)19-27/h4-6,8-11,13-14,17-19,22H,7,12,15-16,20-21H2,1-3H3,(H,32,37). The van der Waals surface area contributed by atoms with Gasteiger partial charge in [0.25, 0.3) is 5.91 Å². The molecule has 3 aromatic carbocycles. The average Bonchev–Trinajstić information content (AvgIpc) is 2.90. The molecule has 37 heavy (non-hydrogen) atoms. The number of nitrogens with zero attached hydrogens (tertiary/aromatic N) is 2. The summed E-state index contributed by atoms with van der Waals surface area (Å²) in [5.41, 5.74) is 6.38. The number of fused-ring (bicyclic) bond motifs is 1. The van der Waals surface area contributed by atoms with Crippen LogP contribution in [0, 0.1) is 5.92 Å². The molecule has 0 radical (unpaired) electrons. The molecule has 0 aliphatic carbocycles. The van der Waals surface area contributed by atoms with E-state index in [0.717, 1.165) is 40.8 Å². The van der Waals surface area contributed by atoms with Crippen LogP contribution in [0.5, 0.6) is 0 Å². The highest BCUT2D eigenvalue weighted by Gasteiger charge is 2.21. The van der Waals surface area contributed by atoms with Crippen molar-refractivity contribution in [3.8, 4) is 11.1 Å². The second-order valence-corrected chi connectivity index (χ2v) is 10.1. The van der Waals surface area contributed by atoms with E-state index in [1.54, 1.807) is 11.9 Å². The lowest BCUT2D eigenvalue weighted by atomic mass is 9.96. The first-order valence-electron chi connectivity index (χ1n) is 12.9. The number of carbonyl (C=O) groups is 3. The van der Waals surface area contributed by atoms with E-state index in [1.807, 2.05) is 54.6 Å². The molecule has 0 spiro atoms. The van der Waals surface area contributed by atoms with Crippen molar-refractivity contribution >= 4 is 29.5 Å². The number of rotatable bonds is 10. The third-order valence-corrected chi connectivity index (χ3v) is 6.72. The van der Waals surface area contributed by atoms with Crippen LogP contribution in [0.25, 0.3) is 11.1 Å². The van der Waals surface area contributed by atoms with Crippen LogP contribution in [0.4, 0.5) is 11.4 Å². The van der Waals surface area contributed by atoms with Crippen LogP contribution in [0.1, 0.15) is 48.2 Å². The Morgan fingerprint density at radius 3 is 2.57 bits per heavy atom. The molecule has 1 heterocycles. The third kappa shape index (κ3) is 6.52. The van der Waals surface area contributed by atoms with Gasteiger partial charge in [0.15, 0.2) is 0 Å². The SMILES string of the molecule is CC(C)CN(CCC=O)Cc1cc(C(=O)Nc2ccc3c(c2)N(C)C(=O)CC3)ccc1-c1ccccc1. The van der Waals surface area contributed by atoms with E-state index in [9.17, 15) is 14.4 Å². The Morgan fingerprint density at radius 1 is 1.05 bits per heavy atom. The zero-order valence-electron chi connectivity index (χ0n) is 21.9. The molecule has 0 saturated heterocycles. The average molecular weight is 498 g/mol. The molecule has 0 fully saturated rings. The van der Waals surface area contributed by atoms with E-state index < -0.39 is 0 Å². The normalized spacial score (nSPS) is 13.1. The first kappa shape index (κ1) is 26.3. The van der Waals surface area contributed by atoms with Crippen LogP contribution < -0.4 is 10.2 Å². The summed E-state index contributed by atoms with van der Waals surface area (Å²) in [6.07, 6.45) is 2.65. The molecule has 0 unspecified atom stereocenters. The largest absolute Gasteiger partial charge is 0.322 e. The molecule has 2 amide bonds. The van der Waals surface area contributed by atoms with Crippen molar-refractivity contribution < 1.29 is 14.4 Å². The smallest absolute Gasteiger partial charge is 0.255 e. The number of nitrogens with one attached hydrogen (secondary N) is 1. The van der Waals surface area contributed by atoms with Gasteiger partial charge in [-0.25, -0.2) is 0 Å². The number of amides is 2. The van der Waals surface area contributed by atoms with Crippen LogP contribution in [0.2, 0.25) is 0 Å². The lowest BCUT2D eigenvalue weighted by molar-refractivity contribution is -0.118.